The fourth-order valence-electron chi connectivity index (χ4n) is 2.59. The van der Waals surface area contributed by atoms with Crippen LogP contribution >= 0.6 is 0 Å². The van der Waals surface area contributed by atoms with E-state index >= 15 is 0 Å². The molecule has 0 radical (unpaired) electrons. The zero-order valence-corrected chi connectivity index (χ0v) is 13.1. The number of benzene rings is 1. The van der Waals surface area contributed by atoms with Gasteiger partial charge < -0.3 is 10.1 Å². The summed E-state index contributed by atoms with van der Waals surface area (Å²) in [4.78, 5) is 16.7. The Kier molecular flexibility index (Phi) is 3.85. The van der Waals surface area contributed by atoms with Crippen molar-refractivity contribution in [2.75, 3.05) is 5.32 Å². The standard InChI is InChI=1S/C16H17FN4O2/c1-9(2)23-15(22)13-10(3)20-16-18-8-19-21(16)14(13)11-4-6-12(17)7-5-11/h4-9,14H,1-3H3,(H,18,19,20)/t14-/m1/s1. The van der Waals surface area contributed by atoms with Crippen molar-refractivity contribution in [3.05, 3.63) is 53.2 Å². The summed E-state index contributed by atoms with van der Waals surface area (Å²) in [6, 6.07) is 5.46. The maximum Gasteiger partial charge on any atom is 0.338 e. The van der Waals surface area contributed by atoms with Crippen LogP contribution in [-0.2, 0) is 9.53 Å². The fraction of sp³-hybridized carbons (Fsp3) is 0.312. The molecule has 0 saturated heterocycles. The van der Waals surface area contributed by atoms with Gasteiger partial charge in [0.25, 0.3) is 0 Å². The molecule has 23 heavy (non-hydrogen) atoms. The molecule has 2 aromatic rings. The SMILES string of the molecule is CC1=C(C(=O)OC(C)C)[C@@H](c2ccc(F)cc2)n2ncnc2N1. The lowest BCUT2D eigenvalue weighted by molar-refractivity contribution is -0.143. The number of hydrogen-bond acceptors (Lipinski definition) is 5. The molecular formula is C16H17FN4O2. The van der Waals surface area contributed by atoms with Crippen molar-refractivity contribution >= 4 is 11.9 Å². The molecule has 1 aromatic heterocycles. The van der Waals surface area contributed by atoms with Crippen LogP contribution in [0, 0.1) is 5.82 Å². The van der Waals surface area contributed by atoms with Crippen LogP contribution in [0.2, 0.25) is 0 Å². The third-order valence-electron chi connectivity index (χ3n) is 3.54. The molecule has 0 amide bonds. The van der Waals surface area contributed by atoms with Gasteiger partial charge in [-0.05, 0) is 38.5 Å². The number of esters is 1. The molecule has 2 heterocycles. The van der Waals surface area contributed by atoms with Crippen LogP contribution in [0.3, 0.4) is 0 Å². The Balaban J connectivity index is 2.10. The lowest BCUT2D eigenvalue weighted by atomic mass is 9.96. The highest BCUT2D eigenvalue weighted by Gasteiger charge is 2.34. The maximum atomic E-state index is 13.2. The average molecular weight is 316 g/mol. The van der Waals surface area contributed by atoms with Crippen molar-refractivity contribution in [1.29, 1.82) is 0 Å². The van der Waals surface area contributed by atoms with Crippen molar-refractivity contribution in [3.63, 3.8) is 0 Å². The Labute approximate surface area is 133 Å². The second kappa shape index (κ2) is 5.83. The molecular weight excluding hydrogens is 299 g/mol. The molecule has 0 spiro atoms. The average Bonchev–Trinajstić information content (AvgIpc) is 2.93. The van der Waals surface area contributed by atoms with Gasteiger partial charge in [0.15, 0.2) is 0 Å². The third kappa shape index (κ3) is 2.81. The summed E-state index contributed by atoms with van der Waals surface area (Å²) in [5.41, 5.74) is 1.81. The van der Waals surface area contributed by atoms with E-state index in [1.54, 1.807) is 37.6 Å². The van der Waals surface area contributed by atoms with Crippen molar-refractivity contribution in [1.82, 2.24) is 14.8 Å². The van der Waals surface area contributed by atoms with Gasteiger partial charge in [-0.2, -0.15) is 10.1 Å². The van der Waals surface area contributed by atoms with Gasteiger partial charge in [0, 0.05) is 5.70 Å². The maximum absolute atomic E-state index is 13.2. The number of allylic oxidation sites excluding steroid dienone is 1. The number of rotatable bonds is 3. The third-order valence-corrected chi connectivity index (χ3v) is 3.54. The monoisotopic (exact) mass is 316 g/mol. The van der Waals surface area contributed by atoms with Crippen molar-refractivity contribution in [2.45, 2.75) is 32.9 Å². The van der Waals surface area contributed by atoms with Gasteiger partial charge in [-0.15, -0.1) is 0 Å². The topological polar surface area (TPSA) is 69.0 Å². The molecule has 1 aromatic carbocycles. The number of carbonyl (C=O) groups is 1. The Hall–Kier alpha value is -2.70. The van der Waals surface area contributed by atoms with E-state index in [0.29, 0.717) is 17.2 Å². The highest BCUT2D eigenvalue weighted by atomic mass is 19.1. The molecule has 0 unspecified atom stereocenters. The van der Waals surface area contributed by atoms with Crippen molar-refractivity contribution in [2.24, 2.45) is 0 Å². The van der Waals surface area contributed by atoms with Gasteiger partial charge in [-0.3, -0.25) is 0 Å². The van der Waals surface area contributed by atoms with E-state index in [0.717, 1.165) is 5.56 Å². The zero-order chi connectivity index (χ0) is 16.6. The summed E-state index contributed by atoms with van der Waals surface area (Å²) in [5, 5.41) is 7.24. The highest BCUT2D eigenvalue weighted by molar-refractivity contribution is 5.92. The van der Waals surface area contributed by atoms with Gasteiger partial charge >= 0.3 is 5.97 Å². The molecule has 0 bridgehead atoms. The van der Waals surface area contributed by atoms with Crippen LogP contribution in [0.5, 0.6) is 0 Å². The summed E-state index contributed by atoms with van der Waals surface area (Å²) >= 11 is 0. The number of nitrogens with zero attached hydrogens (tertiary/aromatic N) is 3. The van der Waals surface area contributed by atoms with Crippen LogP contribution in [-0.4, -0.2) is 26.8 Å². The van der Waals surface area contributed by atoms with Crippen LogP contribution in [0.25, 0.3) is 0 Å². The number of nitrogens with one attached hydrogen (secondary N) is 1. The second-order valence-corrected chi connectivity index (χ2v) is 5.60. The predicted octanol–water partition coefficient (Wildman–Crippen LogP) is 2.66. The van der Waals surface area contributed by atoms with E-state index in [9.17, 15) is 9.18 Å². The first-order valence-corrected chi connectivity index (χ1v) is 7.31. The van der Waals surface area contributed by atoms with Crippen molar-refractivity contribution < 1.29 is 13.9 Å². The minimum atomic E-state index is -0.513. The van der Waals surface area contributed by atoms with Gasteiger partial charge in [0.05, 0.1) is 11.7 Å². The molecule has 6 nitrogen and oxygen atoms in total. The van der Waals surface area contributed by atoms with Crippen LogP contribution in [0.1, 0.15) is 32.4 Å². The van der Waals surface area contributed by atoms with Crippen LogP contribution in [0.4, 0.5) is 10.3 Å². The number of hydrogen-bond donors (Lipinski definition) is 1. The second-order valence-electron chi connectivity index (χ2n) is 5.60. The minimum Gasteiger partial charge on any atom is -0.459 e. The molecule has 120 valence electrons. The van der Waals surface area contributed by atoms with E-state index in [1.807, 2.05) is 0 Å². The molecule has 1 aliphatic heterocycles. The number of ether oxygens (including phenoxy) is 1. The van der Waals surface area contributed by atoms with E-state index in [2.05, 4.69) is 15.4 Å². The Morgan fingerprint density at radius 2 is 2.04 bits per heavy atom. The molecule has 1 N–H and O–H groups in total. The molecule has 0 fully saturated rings. The van der Waals surface area contributed by atoms with E-state index in [4.69, 9.17) is 4.74 Å². The number of carbonyl (C=O) groups excluding carboxylic acids is 1. The lowest BCUT2D eigenvalue weighted by Crippen LogP contribution is -2.30. The quantitative estimate of drug-likeness (QED) is 0.882. The Morgan fingerprint density at radius 1 is 1.35 bits per heavy atom. The number of fused-ring (bicyclic) bond motifs is 1. The first-order valence-electron chi connectivity index (χ1n) is 7.31. The number of aromatic nitrogens is 3. The van der Waals surface area contributed by atoms with Crippen LogP contribution in [0.15, 0.2) is 41.9 Å². The van der Waals surface area contributed by atoms with Gasteiger partial charge in [-0.1, -0.05) is 12.1 Å². The van der Waals surface area contributed by atoms with Gasteiger partial charge in [0.1, 0.15) is 18.2 Å². The molecule has 7 heteroatoms. The zero-order valence-electron chi connectivity index (χ0n) is 13.1. The first-order chi connectivity index (χ1) is 11.0. The summed E-state index contributed by atoms with van der Waals surface area (Å²) in [6.07, 6.45) is 1.16. The minimum absolute atomic E-state index is 0.242. The fourth-order valence-corrected chi connectivity index (χ4v) is 2.59. The molecule has 1 aliphatic rings. The van der Waals surface area contributed by atoms with Gasteiger partial charge in [-0.25, -0.2) is 13.9 Å². The molecule has 0 aliphatic carbocycles. The van der Waals surface area contributed by atoms with E-state index < -0.39 is 12.0 Å². The Bertz CT molecular complexity index is 765. The van der Waals surface area contributed by atoms with Gasteiger partial charge in [0.2, 0.25) is 5.95 Å². The van der Waals surface area contributed by atoms with E-state index in [-0.39, 0.29) is 11.9 Å². The first kappa shape index (κ1) is 15.2. The highest BCUT2D eigenvalue weighted by Crippen LogP contribution is 2.35. The normalized spacial score (nSPS) is 17.0. The largest absolute Gasteiger partial charge is 0.459 e. The summed E-state index contributed by atoms with van der Waals surface area (Å²) in [5.74, 6) is -0.244. The summed E-state index contributed by atoms with van der Waals surface area (Å²) in [6.45, 7) is 5.36. The summed E-state index contributed by atoms with van der Waals surface area (Å²) in [7, 11) is 0. The Morgan fingerprint density at radius 3 is 2.70 bits per heavy atom. The summed E-state index contributed by atoms with van der Waals surface area (Å²) < 4.78 is 20.2. The smallest absolute Gasteiger partial charge is 0.338 e. The number of halogens is 1. The predicted molar refractivity (Wildman–Crippen MR) is 82.1 cm³/mol. The van der Waals surface area contributed by atoms with Crippen LogP contribution < -0.4 is 5.32 Å². The van der Waals surface area contributed by atoms with Crippen molar-refractivity contribution in [3.8, 4) is 0 Å². The lowest BCUT2D eigenvalue weighted by Gasteiger charge is -2.28. The molecule has 0 saturated carbocycles. The molecule has 3 rings (SSSR count). The number of anilines is 1. The molecule has 1 atom stereocenters. The van der Waals surface area contributed by atoms with E-state index in [1.165, 1.54) is 18.5 Å².